The summed E-state index contributed by atoms with van der Waals surface area (Å²) in [7, 11) is 0. The van der Waals surface area contributed by atoms with E-state index in [0.29, 0.717) is 12.6 Å². The summed E-state index contributed by atoms with van der Waals surface area (Å²) >= 11 is 0. The summed E-state index contributed by atoms with van der Waals surface area (Å²) in [4.78, 5) is 31.4. The molecule has 0 spiro atoms. The Balaban J connectivity index is 4.00. The molecular formula is C9H14O4. The van der Waals surface area contributed by atoms with E-state index in [1.54, 1.807) is 20.8 Å². The third-order valence-corrected chi connectivity index (χ3v) is 1.17. The second kappa shape index (κ2) is 4.74. The highest BCUT2D eigenvalue weighted by Gasteiger charge is 2.19. The molecule has 0 aromatic heterocycles. The van der Waals surface area contributed by atoms with E-state index in [9.17, 15) is 14.4 Å². The largest absolute Gasteiger partial charge is 0.460 e. The molecule has 0 atom stereocenters. The van der Waals surface area contributed by atoms with E-state index in [2.05, 4.69) is 0 Å². The Morgan fingerprint density at radius 1 is 1.31 bits per heavy atom. The number of aldehydes is 2. The van der Waals surface area contributed by atoms with E-state index in [0.717, 1.165) is 0 Å². The molecule has 0 N–H and O–H groups in total. The van der Waals surface area contributed by atoms with Crippen LogP contribution in [0.1, 0.15) is 27.2 Å². The first-order valence-electron chi connectivity index (χ1n) is 4.01. The summed E-state index contributed by atoms with van der Waals surface area (Å²) in [5.74, 6) is -1.41. The van der Waals surface area contributed by atoms with Gasteiger partial charge in [-0.05, 0) is 20.8 Å². The van der Waals surface area contributed by atoms with Crippen LogP contribution in [-0.4, -0.2) is 24.1 Å². The first-order chi connectivity index (χ1) is 5.89. The van der Waals surface area contributed by atoms with E-state index in [1.807, 2.05) is 0 Å². The van der Waals surface area contributed by atoms with Crippen molar-refractivity contribution in [3.8, 4) is 0 Å². The summed E-state index contributed by atoms with van der Waals surface area (Å²) in [5, 5.41) is 0. The smallest absolute Gasteiger partial charge is 0.307 e. The van der Waals surface area contributed by atoms with Crippen LogP contribution < -0.4 is 0 Å². The van der Waals surface area contributed by atoms with Gasteiger partial charge in [-0.2, -0.15) is 0 Å². The molecule has 0 aromatic carbocycles. The molecule has 0 rings (SSSR count). The molecule has 0 heterocycles. The maximum atomic E-state index is 11.0. The van der Waals surface area contributed by atoms with Crippen molar-refractivity contribution < 1.29 is 19.1 Å². The fourth-order valence-corrected chi connectivity index (χ4v) is 0.704. The van der Waals surface area contributed by atoms with Crippen LogP contribution >= 0.6 is 0 Å². The number of hydrogen-bond acceptors (Lipinski definition) is 4. The third kappa shape index (κ3) is 6.02. The fraction of sp³-hybridized carbons (Fsp3) is 0.667. The Hall–Kier alpha value is -1.19. The normalized spacial score (nSPS) is 11.1. The number of carbonyl (C=O) groups is 3. The second-order valence-electron chi connectivity index (χ2n) is 3.73. The van der Waals surface area contributed by atoms with Gasteiger partial charge in [0.1, 0.15) is 18.2 Å². The molecule has 0 amide bonds. The molecule has 0 radical (unpaired) electrons. The number of rotatable bonds is 4. The topological polar surface area (TPSA) is 60.4 Å². The van der Waals surface area contributed by atoms with Gasteiger partial charge in [-0.1, -0.05) is 0 Å². The Labute approximate surface area is 77.3 Å². The van der Waals surface area contributed by atoms with E-state index < -0.39 is 17.5 Å². The van der Waals surface area contributed by atoms with Gasteiger partial charge in [0, 0.05) is 0 Å². The van der Waals surface area contributed by atoms with Crippen molar-refractivity contribution in [1.29, 1.82) is 0 Å². The zero-order valence-corrected chi connectivity index (χ0v) is 8.07. The van der Waals surface area contributed by atoms with Crippen LogP contribution in [-0.2, 0) is 19.1 Å². The van der Waals surface area contributed by atoms with Crippen LogP contribution in [0, 0.1) is 5.92 Å². The van der Waals surface area contributed by atoms with Gasteiger partial charge in [0.2, 0.25) is 0 Å². The molecule has 0 bridgehead atoms. The van der Waals surface area contributed by atoms with Crippen molar-refractivity contribution >= 4 is 18.5 Å². The Morgan fingerprint density at radius 3 is 2.08 bits per heavy atom. The highest BCUT2D eigenvalue weighted by Crippen LogP contribution is 2.09. The van der Waals surface area contributed by atoms with Crippen molar-refractivity contribution in [2.75, 3.05) is 0 Å². The molecule has 4 heteroatoms. The molecule has 74 valence electrons. The first kappa shape index (κ1) is 11.8. The first-order valence-corrected chi connectivity index (χ1v) is 4.01. The molecule has 13 heavy (non-hydrogen) atoms. The Kier molecular flexibility index (Phi) is 4.31. The molecule has 0 saturated carbocycles. The summed E-state index contributed by atoms with van der Waals surface area (Å²) in [6.45, 7) is 5.17. The molecule has 0 unspecified atom stereocenters. The lowest BCUT2D eigenvalue weighted by Crippen LogP contribution is -2.25. The molecular weight excluding hydrogens is 172 g/mol. The highest BCUT2D eigenvalue weighted by atomic mass is 16.6. The zero-order valence-electron chi connectivity index (χ0n) is 8.07. The van der Waals surface area contributed by atoms with Gasteiger partial charge in [-0.25, -0.2) is 0 Å². The second-order valence-corrected chi connectivity index (χ2v) is 3.73. The van der Waals surface area contributed by atoms with Crippen molar-refractivity contribution in [1.82, 2.24) is 0 Å². The third-order valence-electron chi connectivity index (χ3n) is 1.17. The molecule has 0 aliphatic carbocycles. The number of ether oxygens (including phenoxy) is 1. The molecule has 4 nitrogen and oxygen atoms in total. The number of carbonyl (C=O) groups excluding carboxylic acids is 3. The Morgan fingerprint density at radius 2 is 1.77 bits per heavy atom. The van der Waals surface area contributed by atoms with Gasteiger partial charge in [-0.3, -0.25) is 4.79 Å². The van der Waals surface area contributed by atoms with Gasteiger partial charge >= 0.3 is 5.97 Å². The lowest BCUT2D eigenvalue weighted by molar-refractivity contribution is -0.157. The summed E-state index contributed by atoms with van der Waals surface area (Å²) < 4.78 is 4.92. The molecule has 0 aliphatic heterocycles. The summed E-state index contributed by atoms with van der Waals surface area (Å²) in [5.41, 5.74) is -0.576. The molecule has 0 aliphatic rings. The van der Waals surface area contributed by atoms with Crippen LogP contribution in [0.25, 0.3) is 0 Å². The van der Waals surface area contributed by atoms with Crippen molar-refractivity contribution in [3.05, 3.63) is 0 Å². The SMILES string of the molecule is CC(C)(C)OC(=O)CC(C=O)C=O. The predicted molar refractivity (Wildman–Crippen MR) is 46.1 cm³/mol. The van der Waals surface area contributed by atoms with Crippen LogP contribution in [0.4, 0.5) is 0 Å². The van der Waals surface area contributed by atoms with Crippen LogP contribution in [0.15, 0.2) is 0 Å². The molecule has 0 aromatic rings. The maximum absolute atomic E-state index is 11.0. The van der Waals surface area contributed by atoms with Gasteiger partial charge in [-0.15, -0.1) is 0 Å². The Bertz CT molecular complexity index is 194. The van der Waals surface area contributed by atoms with Crippen LogP contribution in [0.3, 0.4) is 0 Å². The van der Waals surface area contributed by atoms with Crippen molar-refractivity contribution in [2.45, 2.75) is 32.8 Å². The highest BCUT2D eigenvalue weighted by molar-refractivity contribution is 5.84. The lowest BCUT2D eigenvalue weighted by Gasteiger charge is -2.19. The van der Waals surface area contributed by atoms with Gasteiger partial charge < -0.3 is 14.3 Å². The fourth-order valence-electron chi connectivity index (χ4n) is 0.704. The van der Waals surface area contributed by atoms with Gasteiger partial charge in [0.15, 0.2) is 0 Å². The summed E-state index contributed by atoms with van der Waals surface area (Å²) in [6, 6.07) is 0. The van der Waals surface area contributed by atoms with Gasteiger partial charge in [0.05, 0.1) is 12.3 Å². The van der Waals surface area contributed by atoms with Gasteiger partial charge in [0.25, 0.3) is 0 Å². The minimum absolute atomic E-state index is 0.176. The van der Waals surface area contributed by atoms with E-state index in [-0.39, 0.29) is 6.42 Å². The predicted octanol–water partition coefficient (Wildman–Crippen LogP) is 0.732. The van der Waals surface area contributed by atoms with E-state index in [4.69, 9.17) is 4.74 Å². The molecule has 0 fully saturated rings. The lowest BCUT2D eigenvalue weighted by atomic mass is 10.1. The minimum atomic E-state index is -0.880. The zero-order chi connectivity index (χ0) is 10.5. The molecule has 0 saturated heterocycles. The maximum Gasteiger partial charge on any atom is 0.307 e. The summed E-state index contributed by atoms with van der Waals surface area (Å²) in [6.07, 6.45) is 0.706. The van der Waals surface area contributed by atoms with E-state index in [1.165, 1.54) is 0 Å². The quantitative estimate of drug-likeness (QED) is 0.369. The van der Waals surface area contributed by atoms with Crippen LogP contribution in [0.5, 0.6) is 0 Å². The monoisotopic (exact) mass is 186 g/mol. The number of hydrogen-bond donors (Lipinski definition) is 0. The average molecular weight is 186 g/mol. The van der Waals surface area contributed by atoms with Crippen molar-refractivity contribution in [2.24, 2.45) is 5.92 Å². The van der Waals surface area contributed by atoms with E-state index >= 15 is 0 Å². The average Bonchev–Trinajstić information content (AvgIpc) is 1.96. The number of esters is 1. The standard InChI is InChI=1S/C9H14O4/c1-9(2,3)13-8(12)4-7(5-10)6-11/h5-7H,4H2,1-3H3. The minimum Gasteiger partial charge on any atom is -0.460 e. The van der Waals surface area contributed by atoms with Crippen molar-refractivity contribution in [3.63, 3.8) is 0 Å². The van der Waals surface area contributed by atoms with Crippen LogP contribution in [0.2, 0.25) is 0 Å².